The number of rotatable bonds is 3. The Bertz CT molecular complexity index is 99.6. The van der Waals surface area contributed by atoms with E-state index in [1.54, 1.807) is 0 Å². The Morgan fingerprint density at radius 2 is 2.50 bits per heavy atom. The first kappa shape index (κ1) is 8.37. The van der Waals surface area contributed by atoms with Crippen LogP contribution in [0.1, 0.15) is 12.8 Å². The van der Waals surface area contributed by atoms with Gasteiger partial charge in [-0.25, -0.2) is 0 Å². The summed E-state index contributed by atoms with van der Waals surface area (Å²) in [6.07, 6.45) is 4.04. The molecule has 10 heavy (non-hydrogen) atoms. The van der Waals surface area contributed by atoms with Crippen molar-refractivity contribution in [1.29, 1.82) is 0 Å². The van der Waals surface area contributed by atoms with Gasteiger partial charge < -0.3 is 10.4 Å². The molecule has 0 aromatic carbocycles. The summed E-state index contributed by atoms with van der Waals surface area (Å²) in [6.45, 7) is 0.986. The van der Waals surface area contributed by atoms with Gasteiger partial charge in [0.25, 0.3) is 0 Å². The van der Waals surface area contributed by atoms with Crippen LogP contribution in [0.2, 0.25) is 0 Å². The van der Waals surface area contributed by atoms with E-state index in [1.165, 1.54) is 0 Å². The molecule has 1 aliphatic rings. The van der Waals surface area contributed by atoms with Gasteiger partial charge >= 0.3 is 0 Å². The molecule has 0 bridgehead atoms. The Morgan fingerprint density at radius 1 is 1.70 bits per heavy atom. The Morgan fingerprint density at radius 3 is 3.00 bits per heavy atom. The highest BCUT2D eigenvalue weighted by atomic mass is 32.2. The van der Waals surface area contributed by atoms with Gasteiger partial charge in [-0.2, -0.15) is 11.8 Å². The van der Waals surface area contributed by atoms with Crippen LogP contribution in [0.25, 0.3) is 0 Å². The molecule has 2 nitrogen and oxygen atoms in total. The fourth-order valence-corrected chi connectivity index (χ4v) is 1.78. The third-order valence-corrected chi connectivity index (χ3v) is 2.59. The van der Waals surface area contributed by atoms with Gasteiger partial charge in [-0.15, -0.1) is 0 Å². The third-order valence-electron chi connectivity index (χ3n) is 1.94. The summed E-state index contributed by atoms with van der Waals surface area (Å²) >= 11 is 1.84. The van der Waals surface area contributed by atoms with Crippen LogP contribution >= 0.6 is 11.8 Å². The molecular formula is C7H15NOS. The molecule has 0 aromatic heterocycles. The molecule has 60 valence electrons. The quantitative estimate of drug-likeness (QED) is 0.631. The van der Waals surface area contributed by atoms with Gasteiger partial charge in [0.15, 0.2) is 0 Å². The number of hydrogen-bond donors (Lipinski definition) is 2. The van der Waals surface area contributed by atoms with Crippen LogP contribution in [0.3, 0.4) is 0 Å². The number of nitrogens with one attached hydrogen (secondary N) is 1. The third kappa shape index (κ3) is 2.15. The molecule has 1 aliphatic heterocycles. The van der Waals surface area contributed by atoms with Gasteiger partial charge in [-0.3, -0.25) is 0 Å². The molecule has 3 heteroatoms. The molecule has 2 N–H and O–H groups in total. The van der Waals surface area contributed by atoms with Crippen LogP contribution in [-0.2, 0) is 0 Å². The van der Waals surface area contributed by atoms with Crippen LogP contribution in [0.4, 0.5) is 0 Å². The zero-order valence-corrected chi connectivity index (χ0v) is 7.16. The average molecular weight is 161 g/mol. The number of hydrogen-bond acceptors (Lipinski definition) is 3. The first-order chi connectivity index (χ1) is 4.84. The van der Waals surface area contributed by atoms with Crippen molar-refractivity contribution in [3.05, 3.63) is 0 Å². The Hall–Kier alpha value is 0.270. The molecule has 0 spiro atoms. The minimum absolute atomic E-state index is 0.0906. The van der Waals surface area contributed by atoms with E-state index in [0.29, 0.717) is 6.04 Å². The summed E-state index contributed by atoms with van der Waals surface area (Å²) in [6, 6.07) is 0.368. The van der Waals surface area contributed by atoms with Gasteiger partial charge in [0, 0.05) is 6.04 Å². The average Bonchev–Trinajstić information content (AvgIpc) is 2.31. The second kappa shape index (κ2) is 4.21. The van der Waals surface area contributed by atoms with E-state index in [1.807, 2.05) is 11.8 Å². The van der Waals surface area contributed by atoms with E-state index >= 15 is 0 Å². The maximum absolute atomic E-state index is 9.34. The van der Waals surface area contributed by atoms with Crippen molar-refractivity contribution in [3.8, 4) is 0 Å². The van der Waals surface area contributed by atoms with Crippen molar-refractivity contribution in [2.45, 2.75) is 25.0 Å². The Labute approximate surface area is 66.4 Å². The topological polar surface area (TPSA) is 32.3 Å². The van der Waals surface area contributed by atoms with Gasteiger partial charge in [-0.1, -0.05) is 0 Å². The van der Waals surface area contributed by atoms with Crippen LogP contribution < -0.4 is 5.32 Å². The van der Waals surface area contributed by atoms with E-state index in [4.69, 9.17) is 0 Å². The normalized spacial score (nSPS) is 33.0. The predicted octanol–water partition coefficient (Wildman–Crippen LogP) is 0.462. The number of aliphatic hydroxyl groups is 1. The highest BCUT2D eigenvalue weighted by Crippen LogP contribution is 2.11. The molecule has 0 aromatic rings. The van der Waals surface area contributed by atoms with E-state index in [0.717, 1.165) is 25.1 Å². The van der Waals surface area contributed by atoms with Crippen molar-refractivity contribution in [2.24, 2.45) is 0 Å². The molecule has 0 amide bonds. The van der Waals surface area contributed by atoms with Crippen LogP contribution in [-0.4, -0.2) is 35.8 Å². The summed E-state index contributed by atoms with van der Waals surface area (Å²) in [5.41, 5.74) is 0. The molecule has 1 unspecified atom stereocenters. The van der Waals surface area contributed by atoms with Gasteiger partial charge in [0.05, 0.1) is 6.10 Å². The predicted molar refractivity (Wildman–Crippen MR) is 45.4 cm³/mol. The lowest BCUT2D eigenvalue weighted by Gasteiger charge is -2.12. The lowest BCUT2D eigenvalue weighted by atomic mass is 10.1. The van der Waals surface area contributed by atoms with Crippen molar-refractivity contribution in [3.63, 3.8) is 0 Å². The van der Waals surface area contributed by atoms with Crippen molar-refractivity contribution in [2.75, 3.05) is 18.6 Å². The smallest absolute Gasteiger partial charge is 0.0705 e. The zero-order valence-electron chi connectivity index (χ0n) is 6.34. The van der Waals surface area contributed by atoms with E-state index in [2.05, 4.69) is 11.6 Å². The maximum atomic E-state index is 9.34. The Kier molecular flexibility index (Phi) is 3.52. The van der Waals surface area contributed by atoms with Crippen molar-refractivity contribution < 1.29 is 5.11 Å². The largest absolute Gasteiger partial charge is 0.391 e. The maximum Gasteiger partial charge on any atom is 0.0705 e. The van der Waals surface area contributed by atoms with E-state index < -0.39 is 0 Å². The summed E-state index contributed by atoms with van der Waals surface area (Å²) in [5.74, 6) is 1.15. The lowest BCUT2D eigenvalue weighted by molar-refractivity contribution is 0.158. The molecule has 0 radical (unpaired) electrons. The molecule has 0 saturated carbocycles. The van der Waals surface area contributed by atoms with E-state index in [-0.39, 0.29) is 6.10 Å². The summed E-state index contributed by atoms with van der Waals surface area (Å²) in [4.78, 5) is 0. The van der Waals surface area contributed by atoms with Crippen LogP contribution in [0.5, 0.6) is 0 Å². The first-order valence-corrected chi connectivity index (χ1v) is 5.14. The first-order valence-electron chi connectivity index (χ1n) is 3.75. The molecular weight excluding hydrogens is 146 g/mol. The second-order valence-corrected chi connectivity index (χ2v) is 3.68. The van der Waals surface area contributed by atoms with Gasteiger partial charge in [0.1, 0.15) is 0 Å². The second-order valence-electron chi connectivity index (χ2n) is 2.70. The van der Waals surface area contributed by atoms with Crippen LogP contribution in [0, 0.1) is 0 Å². The summed E-state index contributed by atoms with van der Waals surface area (Å²) < 4.78 is 0. The van der Waals surface area contributed by atoms with Gasteiger partial charge in [-0.05, 0) is 31.4 Å². The van der Waals surface area contributed by atoms with Crippen molar-refractivity contribution in [1.82, 2.24) is 5.32 Å². The molecule has 1 saturated heterocycles. The Balaban J connectivity index is 2.14. The summed E-state index contributed by atoms with van der Waals surface area (Å²) in [7, 11) is 0. The zero-order chi connectivity index (χ0) is 7.40. The number of aliphatic hydroxyl groups excluding tert-OH is 1. The molecule has 1 rings (SSSR count). The minimum Gasteiger partial charge on any atom is -0.391 e. The summed E-state index contributed by atoms with van der Waals surface area (Å²) in [5, 5.41) is 12.6. The SMILES string of the molecule is CSCC[C@@H]1NCCC1O. The minimum atomic E-state index is -0.0906. The van der Waals surface area contributed by atoms with Gasteiger partial charge in [0.2, 0.25) is 0 Å². The fourth-order valence-electron chi connectivity index (χ4n) is 1.29. The monoisotopic (exact) mass is 161 g/mol. The standard InChI is InChI=1S/C7H15NOS/c1-10-5-3-6-7(9)2-4-8-6/h6-9H,2-5H2,1H3/t6-,7?/m0/s1. The lowest BCUT2D eigenvalue weighted by Crippen LogP contribution is -2.30. The highest BCUT2D eigenvalue weighted by molar-refractivity contribution is 7.98. The number of thioether (sulfide) groups is 1. The van der Waals surface area contributed by atoms with E-state index in [9.17, 15) is 5.11 Å². The van der Waals surface area contributed by atoms with Crippen LogP contribution in [0.15, 0.2) is 0 Å². The molecule has 0 aliphatic carbocycles. The molecule has 1 heterocycles. The highest BCUT2D eigenvalue weighted by Gasteiger charge is 2.23. The van der Waals surface area contributed by atoms with Crippen molar-refractivity contribution >= 4 is 11.8 Å². The molecule has 1 fully saturated rings. The fraction of sp³-hybridized carbons (Fsp3) is 1.00. The molecule has 2 atom stereocenters.